The molecule has 2 heteroatoms. The van der Waals surface area contributed by atoms with Crippen LogP contribution in [0.1, 0.15) is 73.1 Å². The Bertz CT molecular complexity index is 433. The van der Waals surface area contributed by atoms with Gasteiger partial charge in [-0.3, -0.25) is 0 Å². The van der Waals surface area contributed by atoms with Gasteiger partial charge in [-0.15, -0.1) is 0 Å². The number of fused-ring (bicyclic) bond motifs is 1. The zero-order valence-electron chi connectivity index (χ0n) is 15.1. The van der Waals surface area contributed by atoms with Crippen LogP contribution in [0, 0.1) is 11.8 Å². The highest BCUT2D eigenvalue weighted by atomic mass is 16.6. The highest BCUT2D eigenvalue weighted by Crippen LogP contribution is 2.44. The van der Waals surface area contributed by atoms with Gasteiger partial charge in [-0.25, -0.2) is 0 Å². The first kappa shape index (κ1) is 17.7. The van der Waals surface area contributed by atoms with Crippen LogP contribution < -0.4 is 0 Å². The second-order valence-corrected chi connectivity index (χ2v) is 8.21. The fraction of sp³-hybridized carbons (Fsp3) is 0.800. The minimum Gasteiger partial charge on any atom is -0.386 e. The van der Waals surface area contributed by atoms with Gasteiger partial charge in [-0.2, -0.15) is 0 Å². The molecule has 4 atom stereocenters. The molecule has 0 aromatic heterocycles. The molecular weight excluding hydrogens is 272 g/mol. The third kappa shape index (κ3) is 4.96. The molecule has 126 valence electrons. The summed E-state index contributed by atoms with van der Waals surface area (Å²) in [5.41, 5.74) is 0.819. The molecule has 1 heterocycles. The second kappa shape index (κ2) is 6.88. The molecule has 0 unspecified atom stereocenters. The normalized spacial score (nSPS) is 44.6. The van der Waals surface area contributed by atoms with Gasteiger partial charge in [-0.05, 0) is 71.1 Å². The number of hydrogen-bond acceptors (Lipinski definition) is 2. The number of rotatable bonds is 1. The summed E-state index contributed by atoms with van der Waals surface area (Å²) in [5.74, 6) is 1.12. The summed E-state index contributed by atoms with van der Waals surface area (Å²) in [6, 6.07) is 0. The summed E-state index contributed by atoms with van der Waals surface area (Å²) in [4.78, 5) is 0. The van der Waals surface area contributed by atoms with E-state index < -0.39 is 5.60 Å². The molecule has 0 amide bonds. The lowest BCUT2D eigenvalue weighted by molar-refractivity contribution is 0.102. The molecule has 0 radical (unpaired) electrons. The smallest absolute Gasteiger partial charge is 0.0920 e. The van der Waals surface area contributed by atoms with Gasteiger partial charge < -0.3 is 9.84 Å². The Morgan fingerprint density at radius 2 is 1.95 bits per heavy atom. The van der Waals surface area contributed by atoms with Crippen LogP contribution in [0.25, 0.3) is 0 Å². The Labute approximate surface area is 136 Å². The summed E-state index contributed by atoms with van der Waals surface area (Å²) in [7, 11) is 0. The van der Waals surface area contributed by atoms with Crippen molar-refractivity contribution in [3.63, 3.8) is 0 Å². The van der Waals surface area contributed by atoms with Gasteiger partial charge in [0.25, 0.3) is 0 Å². The van der Waals surface area contributed by atoms with Crippen LogP contribution in [0.15, 0.2) is 23.8 Å². The first-order valence-electron chi connectivity index (χ1n) is 8.97. The van der Waals surface area contributed by atoms with Crippen LogP contribution in [0.5, 0.6) is 0 Å². The van der Waals surface area contributed by atoms with E-state index in [0.29, 0.717) is 17.9 Å². The highest BCUT2D eigenvalue weighted by molar-refractivity contribution is 5.08. The quantitative estimate of drug-likeness (QED) is 0.545. The molecule has 0 spiro atoms. The van der Waals surface area contributed by atoms with Crippen LogP contribution in [0.2, 0.25) is 0 Å². The molecule has 2 nitrogen and oxygen atoms in total. The Balaban J connectivity index is 2.11. The van der Waals surface area contributed by atoms with Gasteiger partial charge in [0.05, 0.1) is 17.3 Å². The summed E-state index contributed by atoms with van der Waals surface area (Å²) >= 11 is 0. The van der Waals surface area contributed by atoms with E-state index in [1.165, 1.54) is 5.57 Å². The number of allylic oxidation sites excluding steroid dienone is 3. The average molecular weight is 306 g/mol. The maximum Gasteiger partial charge on any atom is 0.0920 e. The molecule has 22 heavy (non-hydrogen) atoms. The molecule has 1 aliphatic heterocycles. The fourth-order valence-electron chi connectivity index (χ4n) is 3.47. The van der Waals surface area contributed by atoms with Gasteiger partial charge in [0.2, 0.25) is 0 Å². The van der Waals surface area contributed by atoms with Crippen molar-refractivity contribution < 1.29 is 9.84 Å². The van der Waals surface area contributed by atoms with Gasteiger partial charge in [0.1, 0.15) is 0 Å². The van der Waals surface area contributed by atoms with Crippen molar-refractivity contribution in [2.24, 2.45) is 11.8 Å². The van der Waals surface area contributed by atoms with Crippen molar-refractivity contribution in [1.82, 2.24) is 0 Å². The van der Waals surface area contributed by atoms with Crippen molar-refractivity contribution in [3.8, 4) is 0 Å². The lowest BCUT2D eigenvalue weighted by Crippen LogP contribution is -2.22. The minimum absolute atomic E-state index is 0.0912. The maximum absolute atomic E-state index is 10.5. The molecule has 2 aliphatic rings. The summed E-state index contributed by atoms with van der Waals surface area (Å²) < 4.78 is 6.00. The van der Waals surface area contributed by atoms with Crippen LogP contribution in [0.3, 0.4) is 0 Å². The summed E-state index contributed by atoms with van der Waals surface area (Å²) in [5, 5.41) is 10.5. The molecule has 1 N–H and O–H groups in total. The van der Waals surface area contributed by atoms with Gasteiger partial charge in [0.15, 0.2) is 0 Å². The van der Waals surface area contributed by atoms with Gasteiger partial charge in [0, 0.05) is 0 Å². The van der Waals surface area contributed by atoms with Crippen molar-refractivity contribution in [1.29, 1.82) is 0 Å². The third-order valence-corrected chi connectivity index (χ3v) is 5.51. The van der Waals surface area contributed by atoms with Gasteiger partial charge in [-0.1, -0.05) is 37.6 Å². The number of epoxide rings is 1. The minimum atomic E-state index is -0.698. The second-order valence-electron chi connectivity index (χ2n) is 8.21. The van der Waals surface area contributed by atoms with Crippen LogP contribution in [-0.4, -0.2) is 22.4 Å². The molecular formula is C20H34O2. The predicted molar refractivity (Wildman–Crippen MR) is 92.8 cm³/mol. The molecule has 0 aromatic carbocycles. The van der Waals surface area contributed by atoms with E-state index in [1.807, 2.05) is 13.0 Å². The fourth-order valence-corrected chi connectivity index (χ4v) is 3.47. The Morgan fingerprint density at radius 3 is 2.64 bits per heavy atom. The van der Waals surface area contributed by atoms with E-state index in [-0.39, 0.29) is 5.60 Å². The lowest BCUT2D eigenvalue weighted by atomic mass is 9.84. The monoisotopic (exact) mass is 306 g/mol. The number of ether oxygens (including phenoxy) is 1. The SMILES string of the molecule is C/C1=C\CC[C@](C)(O)/C=C/[C@H](C(C)C)CC[C@]2(C)O[C@H]2CC1. The third-order valence-electron chi connectivity index (χ3n) is 5.51. The lowest BCUT2D eigenvalue weighted by Gasteiger charge is -2.23. The summed E-state index contributed by atoms with van der Waals surface area (Å²) in [6.45, 7) is 10.9. The van der Waals surface area contributed by atoms with Crippen molar-refractivity contribution in [2.75, 3.05) is 0 Å². The maximum atomic E-state index is 10.5. The van der Waals surface area contributed by atoms with Crippen LogP contribution in [-0.2, 0) is 4.74 Å². The molecule has 1 aliphatic carbocycles. The number of hydrogen-bond donors (Lipinski definition) is 1. The average Bonchev–Trinajstić information content (AvgIpc) is 3.06. The predicted octanol–water partition coefficient (Wildman–Crippen LogP) is 5.02. The van der Waals surface area contributed by atoms with Crippen molar-refractivity contribution in [2.45, 2.75) is 90.4 Å². The molecule has 0 aromatic rings. The zero-order chi connectivity index (χ0) is 16.4. The molecule has 2 rings (SSSR count). The van der Waals surface area contributed by atoms with Crippen LogP contribution >= 0.6 is 0 Å². The van der Waals surface area contributed by atoms with Crippen molar-refractivity contribution >= 4 is 0 Å². The standard InChI is InChI=1S/C20H34O2/c1-15(2)17-10-13-19(4,21)12-6-7-16(3)8-9-18-20(5,22-18)14-11-17/h7,10,13,15,17-18,21H,6,8-9,11-12,14H2,1-5H3/b13-10+,16-7+/t17-,18-,19-,20-/m0/s1. The van der Waals surface area contributed by atoms with E-state index >= 15 is 0 Å². The summed E-state index contributed by atoms with van der Waals surface area (Å²) in [6.07, 6.45) is 13.3. The highest BCUT2D eigenvalue weighted by Gasteiger charge is 2.50. The van der Waals surface area contributed by atoms with E-state index in [9.17, 15) is 5.11 Å². The van der Waals surface area contributed by atoms with Crippen molar-refractivity contribution in [3.05, 3.63) is 23.8 Å². The Hall–Kier alpha value is -0.600. The van der Waals surface area contributed by atoms with E-state index in [2.05, 4.69) is 39.8 Å². The van der Waals surface area contributed by atoms with E-state index in [1.54, 1.807) is 0 Å². The van der Waals surface area contributed by atoms with Gasteiger partial charge >= 0.3 is 0 Å². The van der Waals surface area contributed by atoms with E-state index in [4.69, 9.17) is 4.74 Å². The topological polar surface area (TPSA) is 32.8 Å². The first-order valence-corrected chi connectivity index (χ1v) is 8.97. The largest absolute Gasteiger partial charge is 0.386 e. The number of aliphatic hydroxyl groups is 1. The molecule has 0 bridgehead atoms. The zero-order valence-corrected chi connectivity index (χ0v) is 15.1. The Morgan fingerprint density at radius 1 is 1.23 bits per heavy atom. The van der Waals surface area contributed by atoms with E-state index in [0.717, 1.165) is 38.5 Å². The Kier molecular flexibility index (Phi) is 5.55. The van der Waals surface area contributed by atoms with Crippen LogP contribution in [0.4, 0.5) is 0 Å². The first-order chi connectivity index (χ1) is 10.2. The molecule has 0 saturated carbocycles. The molecule has 1 fully saturated rings. The molecule has 1 saturated heterocycles.